The molecule has 0 spiro atoms. The average Bonchev–Trinajstić information content (AvgIpc) is 2.49. The molecule has 0 aliphatic carbocycles. The van der Waals surface area contributed by atoms with Gasteiger partial charge in [-0.2, -0.15) is 0 Å². The number of hydrogen-bond acceptors (Lipinski definition) is 2. The van der Waals surface area contributed by atoms with Crippen molar-refractivity contribution in [1.82, 2.24) is 0 Å². The topological polar surface area (TPSA) is 29.1 Å². The van der Waals surface area contributed by atoms with E-state index in [1.54, 1.807) is 6.08 Å². The molecular formula is C18H18BrNO. The smallest absolute Gasteiger partial charge is 0.187 e. The van der Waals surface area contributed by atoms with Crippen molar-refractivity contribution in [3.63, 3.8) is 0 Å². The van der Waals surface area contributed by atoms with Gasteiger partial charge < -0.3 is 5.32 Å². The molecule has 1 N–H and O–H groups in total. The molecule has 2 nitrogen and oxygen atoms in total. The minimum absolute atomic E-state index is 0.0143. The van der Waals surface area contributed by atoms with Crippen LogP contribution in [0.25, 0.3) is 0 Å². The maximum atomic E-state index is 12.3. The lowest BCUT2D eigenvalue weighted by Crippen LogP contribution is -2.04. The Morgan fingerprint density at radius 3 is 2.43 bits per heavy atom. The van der Waals surface area contributed by atoms with Crippen LogP contribution in [0.5, 0.6) is 0 Å². The first-order valence-corrected chi connectivity index (χ1v) is 7.72. The van der Waals surface area contributed by atoms with Gasteiger partial charge in [-0.25, -0.2) is 0 Å². The first-order chi connectivity index (χ1) is 10.1. The lowest BCUT2D eigenvalue weighted by molar-refractivity contribution is 0.104. The molecule has 0 aliphatic rings. The maximum Gasteiger partial charge on any atom is 0.187 e. The largest absolute Gasteiger partial charge is 0.359 e. The molecule has 2 aromatic carbocycles. The van der Waals surface area contributed by atoms with Crippen molar-refractivity contribution in [3.05, 3.63) is 75.9 Å². The van der Waals surface area contributed by atoms with Gasteiger partial charge in [0.05, 0.1) is 0 Å². The number of allylic oxidation sites excluding steroid dienone is 2. The lowest BCUT2D eigenvalue weighted by Gasteiger charge is -2.11. The number of ketones is 1. The van der Waals surface area contributed by atoms with E-state index in [-0.39, 0.29) is 5.78 Å². The molecule has 0 bridgehead atoms. The first kappa shape index (κ1) is 15.5. The number of carbonyl (C=O) groups is 1. The average molecular weight is 344 g/mol. The van der Waals surface area contributed by atoms with Crippen LogP contribution in [0.1, 0.15) is 29.3 Å². The van der Waals surface area contributed by atoms with Gasteiger partial charge in [0.15, 0.2) is 5.78 Å². The zero-order valence-corrected chi connectivity index (χ0v) is 13.8. The molecule has 2 aromatic rings. The normalized spacial score (nSPS) is 11.3. The van der Waals surface area contributed by atoms with Gasteiger partial charge in [0.2, 0.25) is 0 Å². The third kappa shape index (κ3) is 4.30. The van der Waals surface area contributed by atoms with Gasteiger partial charge in [0.25, 0.3) is 0 Å². The highest BCUT2D eigenvalue weighted by molar-refractivity contribution is 9.10. The second-order valence-corrected chi connectivity index (χ2v) is 5.75. The molecular weight excluding hydrogens is 326 g/mol. The minimum atomic E-state index is 0.0143. The summed E-state index contributed by atoms with van der Waals surface area (Å²) >= 11 is 3.37. The van der Waals surface area contributed by atoms with Crippen molar-refractivity contribution in [2.75, 3.05) is 5.32 Å². The summed E-state index contributed by atoms with van der Waals surface area (Å²) in [7, 11) is 0. The van der Waals surface area contributed by atoms with Crippen LogP contribution in [0.4, 0.5) is 5.69 Å². The fraction of sp³-hybridized carbons (Fsp3) is 0.167. The van der Waals surface area contributed by atoms with Crippen molar-refractivity contribution < 1.29 is 4.79 Å². The summed E-state index contributed by atoms with van der Waals surface area (Å²) in [4.78, 5) is 12.3. The Bertz CT molecular complexity index is 659. The molecule has 0 heterocycles. The second-order valence-electron chi connectivity index (χ2n) is 4.83. The fourth-order valence-electron chi connectivity index (χ4n) is 1.97. The summed E-state index contributed by atoms with van der Waals surface area (Å²) in [6.45, 7) is 4.08. The number of para-hydroxylation sites is 1. The van der Waals surface area contributed by atoms with Gasteiger partial charge in [-0.05, 0) is 49.2 Å². The van der Waals surface area contributed by atoms with Crippen molar-refractivity contribution in [1.29, 1.82) is 0 Å². The van der Waals surface area contributed by atoms with Crippen LogP contribution in [0, 0.1) is 6.92 Å². The summed E-state index contributed by atoms with van der Waals surface area (Å²) in [6.07, 6.45) is 2.45. The fourth-order valence-corrected chi connectivity index (χ4v) is 2.23. The Labute approximate surface area is 134 Å². The van der Waals surface area contributed by atoms with E-state index in [0.29, 0.717) is 5.56 Å². The zero-order chi connectivity index (χ0) is 15.2. The molecule has 0 fully saturated rings. The maximum absolute atomic E-state index is 12.3. The van der Waals surface area contributed by atoms with Crippen LogP contribution < -0.4 is 5.32 Å². The van der Waals surface area contributed by atoms with Crippen LogP contribution in [0.15, 0.2) is 64.8 Å². The molecule has 0 aliphatic heterocycles. The van der Waals surface area contributed by atoms with Crippen molar-refractivity contribution in [2.45, 2.75) is 20.3 Å². The van der Waals surface area contributed by atoms with E-state index in [1.165, 1.54) is 0 Å². The summed E-state index contributed by atoms with van der Waals surface area (Å²) in [5.41, 5.74) is 3.80. The Kier molecular flexibility index (Phi) is 5.34. The minimum Gasteiger partial charge on any atom is -0.359 e. The molecule has 0 radical (unpaired) electrons. The second kappa shape index (κ2) is 7.23. The molecule has 0 atom stereocenters. The number of anilines is 1. The molecule has 108 valence electrons. The summed E-state index contributed by atoms with van der Waals surface area (Å²) in [5, 5.41) is 3.34. The molecule has 0 aromatic heterocycles. The SMILES string of the molecule is CC/C(=C\C(=O)c1ccc(Br)cc1)Nc1ccccc1C. The number of hydrogen-bond donors (Lipinski definition) is 1. The Balaban J connectivity index is 2.18. The predicted octanol–water partition coefficient (Wildman–Crippen LogP) is 5.35. The summed E-state index contributed by atoms with van der Waals surface area (Å²) in [6, 6.07) is 15.5. The number of nitrogens with one attached hydrogen (secondary N) is 1. The van der Waals surface area contributed by atoms with Gasteiger partial charge in [-0.15, -0.1) is 0 Å². The van der Waals surface area contributed by atoms with Crippen molar-refractivity contribution in [2.24, 2.45) is 0 Å². The van der Waals surface area contributed by atoms with E-state index >= 15 is 0 Å². The van der Waals surface area contributed by atoms with Gasteiger partial charge in [-0.3, -0.25) is 4.79 Å². The van der Waals surface area contributed by atoms with E-state index < -0.39 is 0 Å². The number of carbonyl (C=O) groups excluding carboxylic acids is 1. The zero-order valence-electron chi connectivity index (χ0n) is 12.2. The first-order valence-electron chi connectivity index (χ1n) is 6.93. The molecule has 0 unspecified atom stereocenters. The monoisotopic (exact) mass is 343 g/mol. The van der Waals surface area contributed by atoms with Gasteiger partial charge in [-0.1, -0.05) is 41.1 Å². The molecule has 3 heteroatoms. The standard InChI is InChI=1S/C18H18BrNO/c1-3-16(20-17-7-5-4-6-13(17)2)12-18(21)14-8-10-15(19)11-9-14/h4-12,20H,3H2,1-2H3/b16-12+. The highest BCUT2D eigenvalue weighted by Crippen LogP contribution is 2.18. The van der Waals surface area contributed by atoms with Crippen LogP contribution in [-0.4, -0.2) is 5.78 Å². The van der Waals surface area contributed by atoms with E-state index in [2.05, 4.69) is 21.2 Å². The third-order valence-corrected chi connectivity index (χ3v) is 3.78. The third-order valence-electron chi connectivity index (χ3n) is 3.26. The van der Waals surface area contributed by atoms with Crippen molar-refractivity contribution >= 4 is 27.4 Å². The highest BCUT2D eigenvalue weighted by atomic mass is 79.9. The highest BCUT2D eigenvalue weighted by Gasteiger charge is 2.05. The van der Waals surface area contributed by atoms with E-state index in [4.69, 9.17) is 0 Å². The molecule has 0 saturated heterocycles. The van der Waals surface area contributed by atoms with Crippen LogP contribution in [-0.2, 0) is 0 Å². The predicted molar refractivity (Wildman–Crippen MR) is 91.6 cm³/mol. The molecule has 2 rings (SSSR count). The van der Waals surface area contributed by atoms with Crippen LogP contribution >= 0.6 is 15.9 Å². The van der Waals surface area contributed by atoms with Gasteiger partial charge in [0.1, 0.15) is 0 Å². The van der Waals surface area contributed by atoms with Crippen LogP contribution in [0.3, 0.4) is 0 Å². The molecule has 0 amide bonds. The number of benzene rings is 2. The summed E-state index contributed by atoms with van der Waals surface area (Å²) < 4.78 is 0.969. The Hall–Kier alpha value is -1.87. The molecule has 0 saturated carbocycles. The Morgan fingerprint density at radius 2 is 1.81 bits per heavy atom. The number of rotatable bonds is 5. The Morgan fingerprint density at radius 1 is 1.14 bits per heavy atom. The van der Waals surface area contributed by atoms with Crippen LogP contribution in [0.2, 0.25) is 0 Å². The van der Waals surface area contributed by atoms with Crippen molar-refractivity contribution in [3.8, 4) is 0 Å². The van der Waals surface area contributed by atoms with Gasteiger partial charge in [0, 0.05) is 27.5 Å². The van der Waals surface area contributed by atoms with Gasteiger partial charge >= 0.3 is 0 Å². The summed E-state index contributed by atoms with van der Waals surface area (Å²) in [5.74, 6) is 0.0143. The molecule has 21 heavy (non-hydrogen) atoms. The number of aryl methyl sites for hydroxylation is 1. The lowest BCUT2D eigenvalue weighted by atomic mass is 10.1. The van der Waals surface area contributed by atoms with E-state index in [9.17, 15) is 4.79 Å². The quantitative estimate of drug-likeness (QED) is 0.585. The van der Waals surface area contributed by atoms with E-state index in [0.717, 1.165) is 27.8 Å². The number of halogens is 1. The van der Waals surface area contributed by atoms with E-state index in [1.807, 2.05) is 62.4 Å².